The first-order valence-corrected chi connectivity index (χ1v) is 5.24. The Bertz CT molecular complexity index is 401. The summed E-state index contributed by atoms with van der Waals surface area (Å²) >= 11 is 0. The molecule has 0 radical (unpaired) electrons. The van der Waals surface area contributed by atoms with Crippen molar-refractivity contribution in [2.45, 2.75) is 25.8 Å². The maximum atomic E-state index is 11.6. The predicted octanol–water partition coefficient (Wildman–Crippen LogP) is 1.08. The molecular formula is C10H14N2O5. The molecule has 0 saturated heterocycles. The number of furan rings is 1. The topological polar surface area (TPSA) is 106 Å². The maximum absolute atomic E-state index is 11.6. The van der Waals surface area contributed by atoms with E-state index in [2.05, 4.69) is 5.32 Å². The van der Waals surface area contributed by atoms with Gasteiger partial charge in [0.1, 0.15) is 4.92 Å². The molecule has 0 aromatic carbocycles. The van der Waals surface area contributed by atoms with E-state index in [4.69, 9.17) is 9.52 Å². The standard InChI is InChI=1S/C10H14N2O5/c1-2-7(5-6-13)11-10(14)8-3-4-9(17-8)12(15)16/h3-4,7,13H,2,5-6H2,1H3,(H,11,14). The summed E-state index contributed by atoms with van der Waals surface area (Å²) in [7, 11) is 0. The summed E-state index contributed by atoms with van der Waals surface area (Å²) in [5, 5.41) is 21.7. The molecule has 17 heavy (non-hydrogen) atoms. The summed E-state index contributed by atoms with van der Waals surface area (Å²) in [5.74, 6) is -1.09. The lowest BCUT2D eigenvalue weighted by atomic mass is 10.1. The highest BCUT2D eigenvalue weighted by atomic mass is 16.6. The number of nitrogens with one attached hydrogen (secondary N) is 1. The van der Waals surface area contributed by atoms with Crippen LogP contribution in [0.4, 0.5) is 5.88 Å². The van der Waals surface area contributed by atoms with Crippen LogP contribution in [0.1, 0.15) is 30.3 Å². The fourth-order valence-corrected chi connectivity index (χ4v) is 1.34. The Balaban J connectivity index is 2.65. The zero-order valence-electron chi connectivity index (χ0n) is 9.38. The van der Waals surface area contributed by atoms with Gasteiger partial charge in [-0.25, -0.2) is 0 Å². The van der Waals surface area contributed by atoms with Gasteiger partial charge in [-0.05, 0) is 18.9 Å². The van der Waals surface area contributed by atoms with Crippen LogP contribution in [0.25, 0.3) is 0 Å². The Kier molecular flexibility index (Phi) is 4.65. The predicted molar refractivity (Wildman–Crippen MR) is 58.6 cm³/mol. The molecule has 1 amide bonds. The fourth-order valence-electron chi connectivity index (χ4n) is 1.34. The van der Waals surface area contributed by atoms with Gasteiger partial charge in [0.2, 0.25) is 0 Å². The van der Waals surface area contributed by atoms with E-state index < -0.39 is 16.7 Å². The Morgan fingerprint density at radius 3 is 2.82 bits per heavy atom. The molecule has 1 atom stereocenters. The molecule has 7 nitrogen and oxygen atoms in total. The van der Waals surface area contributed by atoms with E-state index in [0.29, 0.717) is 12.8 Å². The van der Waals surface area contributed by atoms with Gasteiger partial charge in [0, 0.05) is 12.6 Å². The fraction of sp³-hybridized carbons (Fsp3) is 0.500. The number of nitrogens with zero attached hydrogens (tertiary/aromatic N) is 1. The van der Waals surface area contributed by atoms with Gasteiger partial charge in [-0.1, -0.05) is 6.92 Å². The molecule has 7 heteroatoms. The molecule has 0 aliphatic carbocycles. The quantitative estimate of drug-likeness (QED) is 0.573. The van der Waals surface area contributed by atoms with Crippen molar-refractivity contribution in [2.24, 2.45) is 0 Å². The van der Waals surface area contributed by atoms with Crippen LogP contribution in [-0.4, -0.2) is 28.6 Å². The molecule has 1 heterocycles. The molecule has 0 aliphatic rings. The third-order valence-corrected chi connectivity index (χ3v) is 2.30. The van der Waals surface area contributed by atoms with Gasteiger partial charge in [-0.2, -0.15) is 0 Å². The van der Waals surface area contributed by atoms with Gasteiger partial charge in [-0.3, -0.25) is 14.9 Å². The molecule has 0 spiro atoms. The summed E-state index contributed by atoms with van der Waals surface area (Å²) in [5.41, 5.74) is 0. The number of carbonyl (C=O) groups excluding carboxylic acids is 1. The highest BCUT2D eigenvalue weighted by Crippen LogP contribution is 2.15. The number of hydrogen-bond donors (Lipinski definition) is 2. The van der Waals surface area contributed by atoms with Crippen molar-refractivity contribution in [1.29, 1.82) is 0 Å². The second-order valence-electron chi connectivity index (χ2n) is 3.49. The molecule has 1 aromatic rings. The number of hydrogen-bond acceptors (Lipinski definition) is 5. The van der Waals surface area contributed by atoms with Gasteiger partial charge in [0.05, 0.1) is 6.07 Å². The number of aliphatic hydroxyl groups excluding tert-OH is 1. The Hall–Kier alpha value is -1.89. The Morgan fingerprint density at radius 2 is 2.35 bits per heavy atom. The first-order chi connectivity index (χ1) is 8.08. The number of carbonyl (C=O) groups is 1. The van der Waals surface area contributed by atoms with Crippen molar-refractivity contribution in [3.63, 3.8) is 0 Å². The van der Waals surface area contributed by atoms with Crippen LogP contribution in [0, 0.1) is 10.1 Å². The molecule has 1 aromatic heterocycles. The van der Waals surface area contributed by atoms with Gasteiger partial charge in [0.15, 0.2) is 5.76 Å². The normalized spacial score (nSPS) is 12.1. The summed E-state index contributed by atoms with van der Waals surface area (Å²) in [6, 6.07) is 2.21. The second-order valence-corrected chi connectivity index (χ2v) is 3.49. The lowest BCUT2D eigenvalue weighted by Gasteiger charge is -2.14. The lowest BCUT2D eigenvalue weighted by Crippen LogP contribution is -2.34. The highest BCUT2D eigenvalue weighted by Gasteiger charge is 2.19. The van der Waals surface area contributed by atoms with Crippen LogP contribution in [-0.2, 0) is 0 Å². The summed E-state index contributed by atoms with van der Waals surface area (Å²) < 4.78 is 4.76. The molecule has 0 fully saturated rings. The van der Waals surface area contributed by atoms with Gasteiger partial charge >= 0.3 is 5.88 Å². The summed E-state index contributed by atoms with van der Waals surface area (Å²) in [6.45, 7) is 1.84. The Morgan fingerprint density at radius 1 is 1.65 bits per heavy atom. The minimum Gasteiger partial charge on any atom is -0.396 e. The zero-order chi connectivity index (χ0) is 12.8. The molecule has 0 saturated carbocycles. The van der Waals surface area contributed by atoms with E-state index in [-0.39, 0.29) is 18.4 Å². The van der Waals surface area contributed by atoms with E-state index in [1.807, 2.05) is 6.92 Å². The molecule has 0 aliphatic heterocycles. The van der Waals surface area contributed by atoms with Crippen LogP contribution in [0.2, 0.25) is 0 Å². The first-order valence-electron chi connectivity index (χ1n) is 5.24. The number of amides is 1. The van der Waals surface area contributed by atoms with E-state index >= 15 is 0 Å². The van der Waals surface area contributed by atoms with Crippen LogP contribution in [0.15, 0.2) is 16.5 Å². The van der Waals surface area contributed by atoms with E-state index in [9.17, 15) is 14.9 Å². The van der Waals surface area contributed by atoms with E-state index in [1.54, 1.807) is 0 Å². The van der Waals surface area contributed by atoms with Crippen molar-refractivity contribution >= 4 is 11.8 Å². The minimum atomic E-state index is -0.707. The van der Waals surface area contributed by atoms with Crippen molar-refractivity contribution in [3.8, 4) is 0 Å². The van der Waals surface area contributed by atoms with Gasteiger partial charge < -0.3 is 14.8 Å². The number of aliphatic hydroxyl groups is 1. The first kappa shape index (κ1) is 13.2. The van der Waals surface area contributed by atoms with Crippen molar-refractivity contribution in [3.05, 3.63) is 28.0 Å². The van der Waals surface area contributed by atoms with Gasteiger partial charge in [-0.15, -0.1) is 0 Å². The van der Waals surface area contributed by atoms with Crippen LogP contribution in [0.5, 0.6) is 0 Å². The molecule has 1 rings (SSSR count). The average molecular weight is 242 g/mol. The highest BCUT2D eigenvalue weighted by molar-refractivity contribution is 5.91. The zero-order valence-corrected chi connectivity index (χ0v) is 9.38. The summed E-state index contributed by atoms with van der Waals surface area (Å²) in [4.78, 5) is 21.3. The maximum Gasteiger partial charge on any atom is 0.433 e. The largest absolute Gasteiger partial charge is 0.433 e. The third-order valence-electron chi connectivity index (χ3n) is 2.30. The molecule has 94 valence electrons. The molecule has 0 bridgehead atoms. The van der Waals surface area contributed by atoms with Gasteiger partial charge in [0.25, 0.3) is 5.91 Å². The SMILES string of the molecule is CCC(CCO)NC(=O)c1ccc([N+](=O)[O-])o1. The molecule has 1 unspecified atom stereocenters. The molecule has 2 N–H and O–H groups in total. The second kappa shape index (κ2) is 6.00. The van der Waals surface area contributed by atoms with Crippen molar-refractivity contribution < 1.29 is 19.2 Å². The van der Waals surface area contributed by atoms with Crippen molar-refractivity contribution in [2.75, 3.05) is 6.61 Å². The number of nitro groups is 1. The van der Waals surface area contributed by atoms with E-state index in [0.717, 1.165) is 6.07 Å². The lowest BCUT2D eigenvalue weighted by molar-refractivity contribution is -0.402. The minimum absolute atomic E-state index is 0.0307. The monoisotopic (exact) mass is 242 g/mol. The average Bonchev–Trinajstić information content (AvgIpc) is 2.77. The molecular weight excluding hydrogens is 228 g/mol. The number of rotatable bonds is 6. The van der Waals surface area contributed by atoms with Crippen molar-refractivity contribution in [1.82, 2.24) is 5.32 Å². The summed E-state index contributed by atoms with van der Waals surface area (Å²) in [6.07, 6.45) is 1.10. The van der Waals surface area contributed by atoms with E-state index in [1.165, 1.54) is 6.07 Å². The van der Waals surface area contributed by atoms with Crippen LogP contribution < -0.4 is 5.32 Å². The van der Waals surface area contributed by atoms with Crippen LogP contribution in [0.3, 0.4) is 0 Å². The third kappa shape index (κ3) is 3.56. The van der Waals surface area contributed by atoms with Crippen LogP contribution >= 0.6 is 0 Å². The smallest absolute Gasteiger partial charge is 0.396 e. The Labute approximate surface area is 97.6 Å².